The molecule has 0 saturated carbocycles. The molecule has 0 saturated heterocycles. The molecule has 1 aliphatic heterocycles. The number of azide groups is 1. The highest BCUT2D eigenvalue weighted by Gasteiger charge is 2.27. The van der Waals surface area contributed by atoms with Crippen LogP contribution in [0, 0.1) is 6.92 Å². The van der Waals surface area contributed by atoms with Gasteiger partial charge in [-0.2, -0.15) is 0 Å². The number of methoxy groups -OCH3 is 1. The number of fused-ring (bicyclic) bond motifs is 1. The Bertz CT molecular complexity index is 789. The second-order valence-electron chi connectivity index (χ2n) is 5.58. The molecule has 0 N–H and O–H groups in total. The lowest BCUT2D eigenvalue weighted by atomic mass is 10.0. The molecule has 0 amide bonds. The molecule has 0 aliphatic carbocycles. The maximum atomic E-state index is 8.94. The molecular formula is C18H19N3O4. The van der Waals surface area contributed by atoms with Gasteiger partial charge in [0, 0.05) is 16.0 Å². The van der Waals surface area contributed by atoms with Gasteiger partial charge in [-0.25, -0.2) is 0 Å². The van der Waals surface area contributed by atoms with E-state index in [9.17, 15) is 0 Å². The van der Waals surface area contributed by atoms with Gasteiger partial charge in [0.1, 0.15) is 5.75 Å². The van der Waals surface area contributed by atoms with Crippen molar-refractivity contribution < 1.29 is 18.9 Å². The summed E-state index contributed by atoms with van der Waals surface area (Å²) in [4.78, 5) is 2.95. The first kappa shape index (κ1) is 17.0. The number of nitrogens with zero attached hydrogens (tertiary/aromatic N) is 3. The normalized spacial score (nSPS) is 13.2. The largest absolute Gasteiger partial charge is 0.496 e. The van der Waals surface area contributed by atoms with Crippen LogP contribution in [-0.2, 0) is 11.3 Å². The van der Waals surface area contributed by atoms with Crippen molar-refractivity contribution in [2.24, 2.45) is 5.11 Å². The van der Waals surface area contributed by atoms with Gasteiger partial charge in [-0.05, 0) is 24.1 Å². The average molecular weight is 341 g/mol. The summed E-state index contributed by atoms with van der Waals surface area (Å²) in [5.74, 6) is 1.86. The van der Waals surface area contributed by atoms with E-state index in [4.69, 9.17) is 24.5 Å². The molecule has 1 heterocycles. The smallest absolute Gasteiger partial charge is 0.231 e. The van der Waals surface area contributed by atoms with Crippen molar-refractivity contribution in [2.75, 3.05) is 20.5 Å². The van der Waals surface area contributed by atoms with Gasteiger partial charge in [-0.1, -0.05) is 35.4 Å². The van der Waals surface area contributed by atoms with E-state index in [2.05, 4.69) is 10.0 Å². The summed E-state index contributed by atoms with van der Waals surface area (Å²) in [6.07, 6.45) is 0. The van der Waals surface area contributed by atoms with E-state index in [-0.39, 0.29) is 13.4 Å². The first-order chi connectivity index (χ1) is 12.2. The van der Waals surface area contributed by atoms with Crippen LogP contribution < -0.4 is 14.2 Å². The van der Waals surface area contributed by atoms with Gasteiger partial charge in [-0.3, -0.25) is 0 Å². The minimum absolute atomic E-state index is 0.129. The zero-order valence-electron chi connectivity index (χ0n) is 14.1. The highest BCUT2D eigenvalue weighted by atomic mass is 16.7. The van der Waals surface area contributed by atoms with E-state index in [0.717, 1.165) is 11.1 Å². The summed E-state index contributed by atoms with van der Waals surface area (Å²) in [5.41, 5.74) is 11.5. The summed E-state index contributed by atoms with van der Waals surface area (Å²) < 4.78 is 22.3. The lowest BCUT2D eigenvalue weighted by Gasteiger charge is -2.17. The molecule has 2 aromatic rings. The highest BCUT2D eigenvalue weighted by molar-refractivity contribution is 5.60. The Kier molecular flexibility index (Phi) is 5.28. The maximum Gasteiger partial charge on any atom is 0.231 e. The molecule has 0 unspecified atom stereocenters. The Morgan fingerprint density at radius 3 is 2.72 bits per heavy atom. The first-order valence-electron chi connectivity index (χ1n) is 7.87. The Labute approximate surface area is 145 Å². The topological polar surface area (TPSA) is 85.7 Å². The third-order valence-corrected chi connectivity index (χ3v) is 4.03. The average Bonchev–Trinajstić information content (AvgIpc) is 3.13. The van der Waals surface area contributed by atoms with Crippen molar-refractivity contribution in [1.29, 1.82) is 0 Å². The van der Waals surface area contributed by atoms with Gasteiger partial charge < -0.3 is 18.9 Å². The molecule has 1 aliphatic rings. The van der Waals surface area contributed by atoms with E-state index in [0.29, 0.717) is 29.4 Å². The van der Waals surface area contributed by atoms with Crippen molar-refractivity contribution in [3.8, 4) is 17.2 Å². The SMILES string of the molecule is COc1cc([C@H](COCc2ccccc2)N=[N+]=[N-])c2c(c1C)OCO2. The third-order valence-electron chi connectivity index (χ3n) is 4.03. The lowest BCUT2D eigenvalue weighted by molar-refractivity contribution is 0.107. The molecule has 25 heavy (non-hydrogen) atoms. The zero-order valence-corrected chi connectivity index (χ0v) is 14.1. The van der Waals surface area contributed by atoms with Crippen LogP contribution in [0.15, 0.2) is 41.5 Å². The molecule has 0 bridgehead atoms. The standard InChI is InChI=1S/C18H19N3O4/c1-12-16(22-2)8-14(18-17(12)24-11-25-18)15(20-21-19)10-23-9-13-6-4-3-5-7-13/h3-8,15H,9-11H2,1-2H3/t15-/m0/s1. The van der Waals surface area contributed by atoms with Gasteiger partial charge in [0.25, 0.3) is 0 Å². The third kappa shape index (κ3) is 3.63. The molecule has 0 fully saturated rings. The van der Waals surface area contributed by atoms with Crippen LogP contribution in [0.2, 0.25) is 0 Å². The summed E-state index contributed by atoms with van der Waals surface area (Å²) in [5, 5.41) is 3.87. The molecule has 3 rings (SSSR count). The molecule has 0 aromatic heterocycles. The monoisotopic (exact) mass is 341 g/mol. The van der Waals surface area contributed by atoms with Gasteiger partial charge in [0.05, 0.1) is 26.4 Å². The van der Waals surface area contributed by atoms with Crippen LogP contribution in [0.1, 0.15) is 22.7 Å². The fraction of sp³-hybridized carbons (Fsp3) is 0.333. The van der Waals surface area contributed by atoms with Crippen molar-refractivity contribution in [3.63, 3.8) is 0 Å². The van der Waals surface area contributed by atoms with Gasteiger partial charge in [-0.15, -0.1) is 0 Å². The molecule has 0 spiro atoms. The quantitative estimate of drug-likeness (QED) is 0.427. The highest BCUT2D eigenvalue weighted by Crippen LogP contribution is 2.46. The molecule has 7 heteroatoms. The van der Waals surface area contributed by atoms with Gasteiger partial charge in [0.2, 0.25) is 6.79 Å². The second kappa shape index (κ2) is 7.79. The summed E-state index contributed by atoms with van der Waals surface area (Å²) in [6.45, 7) is 2.68. The molecule has 0 radical (unpaired) electrons. The van der Waals surface area contributed by atoms with Gasteiger partial charge >= 0.3 is 0 Å². The molecular weight excluding hydrogens is 322 g/mol. The predicted octanol–water partition coefficient (Wildman–Crippen LogP) is 4.30. The minimum Gasteiger partial charge on any atom is -0.496 e. The second-order valence-corrected chi connectivity index (χ2v) is 5.58. The first-order valence-corrected chi connectivity index (χ1v) is 7.87. The van der Waals surface area contributed by atoms with Crippen molar-refractivity contribution in [2.45, 2.75) is 19.6 Å². The van der Waals surface area contributed by atoms with E-state index >= 15 is 0 Å². The molecule has 2 aromatic carbocycles. The number of benzene rings is 2. The van der Waals surface area contributed by atoms with Crippen LogP contribution in [0.4, 0.5) is 0 Å². The minimum atomic E-state index is -0.543. The Balaban J connectivity index is 1.83. The number of hydrogen-bond acceptors (Lipinski definition) is 5. The summed E-state index contributed by atoms with van der Waals surface area (Å²) in [7, 11) is 1.59. The summed E-state index contributed by atoms with van der Waals surface area (Å²) in [6, 6.07) is 11.1. The van der Waals surface area contributed by atoms with Gasteiger partial charge in [0.15, 0.2) is 11.5 Å². The molecule has 7 nitrogen and oxygen atoms in total. The Hall–Kier alpha value is -2.89. The lowest BCUT2D eigenvalue weighted by Crippen LogP contribution is -2.07. The summed E-state index contributed by atoms with van der Waals surface area (Å²) >= 11 is 0. The van der Waals surface area contributed by atoms with Crippen LogP contribution in [0.3, 0.4) is 0 Å². The fourth-order valence-corrected chi connectivity index (χ4v) is 2.77. The van der Waals surface area contributed by atoms with E-state index in [1.54, 1.807) is 7.11 Å². The van der Waals surface area contributed by atoms with E-state index in [1.165, 1.54) is 0 Å². The van der Waals surface area contributed by atoms with Crippen LogP contribution in [0.25, 0.3) is 10.4 Å². The predicted molar refractivity (Wildman–Crippen MR) is 91.8 cm³/mol. The van der Waals surface area contributed by atoms with Crippen LogP contribution in [0.5, 0.6) is 17.2 Å². The molecule has 1 atom stereocenters. The zero-order chi connectivity index (χ0) is 17.6. The Morgan fingerprint density at radius 1 is 1.24 bits per heavy atom. The Morgan fingerprint density at radius 2 is 2.00 bits per heavy atom. The number of hydrogen-bond donors (Lipinski definition) is 0. The van der Waals surface area contributed by atoms with Crippen molar-refractivity contribution >= 4 is 0 Å². The maximum absolute atomic E-state index is 8.94. The fourth-order valence-electron chi connectivity index (χ4n) is 2.77. The van der Waals surface area contributed by atoms with Crippen LogP contribution in [-0.4, -0.2) is 20.5 Å². The number of rotatable bonds is 7. The number of ether oxygens (including phenoxy) is 4. The van der Waals surface area contributed by atoms with Crippen molar-refractivity contribution in [3.05, 3.63) is 63.5 Å². The molecule has 130 valence electrons. The van der Waals surface area contributed by atoms with E-state index in [1.807, 2.05) is 43.3 Å². The van der Waals surface area contributed by atoms with Crippen LogP contribution >= 0.6 is 0 Å². The van der Waals surface area contributed by atoms with E-state index < -0.39 is 6.04 Å². The van der Waals surface area contributed by atoms with Crippen molar-refractivity contribution in [1.82, 2.24) is 0 Å².